The third kappa shape index (κ3) is 4.24. The van der Waals surface area contributed by atoms with Gasteiger partial charge in [-0.15, -0.1) is 0 Å². The standard InChI is InChI=1S/C20H29N3O3/c24-20(22-6-1-2-7-22)15-25-14-17-10-18-19(11-17)26-9-8-23(18)13-16-4-3-5-21-12-16/h3-5,12,17-19H,1-2,6-11,13-15H2. The number of nitrogens with zero attached hydrogens (tertiary/aromatic N) is 3. The molecule has 3 unspecified atom stereocenters. The maximum absolute atomic E-state index is 12.1. The van der Waals surface area contributed by atoms with Crippen molar-refractivity contribution in [1.82, 2.24) is 14.8 Å². The van der Waals surface area contributed by atoms with Crippen LogP contribution in [0.15, 0.2) is 24.5 Å². The van der Waals surface area contributed by atoms with Gasteiger partial charge in [-0.05, 0) is 43.2 Å². The van der Waals surface area contributed by atoms with Crippen LogP contribution in [0.1, 0.15) is 31.2 Å². The lowest BCUT2D eigenvalue weighted by atomic mass is 10.1. The quantitative estimate of drug-likeness (QED) is 0.774. The zero-order valence-electron chi connectivity index (χ0n) is 15.4. The van der Waals surface area contributed by atoms with E-state index in [1.807, 2.05) is 23.4 Å². The topological polar surface area (TPSA) is 54.9 Å². The second-order valence-electron chi connectivity index (χ2n) is 7.75. The van der Waals surface area contributed by atoms with Crippen LogP contribution in [0.5, 0.6) is 0 Å². The number of carbonyl (C=O) groups is 1. The minimum atomic E-state index is 0.146. The van der Waals surface area contributed by atoms with E-state index in [0.29, 0.717) is 24.7 Å². The van der Waals surface area contributed by atoms with E-state index in [-0.39, 0.29) is 12.5 Å². The van der Waals surface area contributed by atoms with Gasteiger partial charge < -0.3 is 14.4 Å². The van der Waals surface area contributed by atoms with E-state index in [9.17, 15) is 4.79 Å². The average Bonchev–Trinajstić information content (AvgIpc) is 3.33. The maximum Gasteiger partial charge on any atom is 0.248 e. The van der Waals surface area contributed by atoms with Crippen molar-refractivity contribution in [3.63, 3.8) is 0 Å². The van der Waals surface area contributed by atoms with Crippen LogP contribution in [0.2, 0.25) is 0 Å². The van der Waals surface area contributed by atoms with Gasteiger partial charge in [-0.2, -0.15) is 0 Å². The number of carbonyl (C=O) groups excluding carboxylic acids is 1. The van der Waals surface area contributed by atoms with Crippen LogP contribution in [-0.4, -0.2) is 72.3 Å². The molecule has 3 atom stereocenters. The number of likely N-dealkylation sites (tertiary alicyclic amines) is 1. The minimum Gasteiger partial charge on any atom is -0.375 e. The first-order valence-corrected chi connectivity index (χ1v) is 9.89. The third-order valence-electron chi connectivity index (χ3n) is 5.90. The minimum absolute atomic E-state index is 0.146. The fraction of sp³-hybridized carbons (Fsp3) is 0.700. The Bertz CT molecular complexity index is 591. The lowest BCUT2D eigenvalue weighted by Crippen LogP contribution is -2.47. The number of ether oxygens (including phenoxy) is 2. The summed E-state index contributed by atoms with van der Waals surface area (Å²) in [4.78, 5) is 20.8. The molecule has 0 radical (unpaired) electrons. The van der Waals surface area contributed by atoms with Crippen molar-refractivity contribution in [1.29, 1.82) is 0 Å². The van der Waals surface area contributed by atoms with Crippen LogP contribution < -0.4 is 0 Å². The number of fused-ring (bicyclic) bond motifs is 1. The molecule has 3 fully saturated rings. The molecule has 2 aliphatic heterocycles. The Balaban J connectivity index is 1.25. The smallest absolute Gasteiger partial charge is 0.248 e. The Morgan fingerprint density at radius 1 is 1.27 bits per heavy atom. The first kappa shape index (κ1) is 17.9. The van der Waals surface area contributed by atoms with E-state index < -0.39 is 0 Å². The van der Waals surface area contributed by atoms with Crippen molar-refractivity contribution in [2.45, 2.75) is 44.4 Å². The summed E-state index contributed by atoms with van der Waals surface area (Å²) in [6.45, 7) is 5.38. The summed E-state index contributed by atoms with van der Waals surface area (Å²) in [5.41, 5.74) is 1.25. The molecule has 6 heteroatoms. The number of amides is 1. The summed E-state index contributed by atoms with van der Waals surface area (Å²) in [5, 5.41) is 0. The summed E-state index contributed by atoms with van der Waals surface area (Å²) < 4.78 is 11.8. The van der Waals surface area contributed by atoms with E-state index in [2.05, 4.69) is 16.0 Å². The summed E-state index contributed by atoms with van der Waals surface area (Å²) in [6.07, 6.45) is 8.43. The molecule has 0 N–H and O–H groups in total. The van der Waals surface area contributed by atoms with Gasteiger partial charge in [0, 0.05) is 44.6 Å². The molecule has 6 nitrogen and oxygen atoms in total. The first-order chi connectivity index (χ1) is 12.8. The number of pyridine rings is 1. The highest BCUT2D eigenvalue weighted by atomic mass is 16.5. The van der Waals surface area contributed by atoms with E-state index in [1.54, 1.807) is 0 Å². The van der Waals surface area contributed by atoms with E-state index in [0.717, 1.165) is 58.5 Å². The Kier molecular flexibility index (Phi) is 5.82. The molecular formula is C20H29N3O3. The maximum atomic E-state index is 12.1. The Labute approximate surface area is 155 Å². The molecule has 2 saturated heterocycles. The molecule has 1 aliphatic carbocycles. The van der Waals surface area contributed by atoms with Gasteiger partial charge in [0.2, 0.25) is 5.91 Å². The van der Waals surface area contributed by atoms with Crippen molar-refractivity contribution in [2.75, 3.05) is 39.5 Å². The second kappa shape index (κ2) is 8.46. The average molecular weight is 359 g/mol. The van der Waals surface area contributed by atoms with Gasteiger partial charge in [0.15, 0.2) is 0 Å². The van der Waals surface area contributed by atoms with Gasteiger partial charge in [0.05, 0.1) is 19.3 Å². The van der Waals surface area contributed by atoms with Gasteiger partial charge in [-0.1, -0.05) is 6.07 Å². The normalized spacial score (nSPS) is 29.1. The van der Waals surface area contributed by atoms with Crippen LogP contribution >= 0.6 is 0 Å². The van der Waals surface area contributed by atoms with Crippen molar-refractivity contribution in [2.24, 2.45) is 5.92 Å². The van der Waals surface area contributed by atoms with Gasteiger partial charge in [0.25, 0.3) is 0 Å². The van der Waals surface area contributed by atoms with Gasteiger partial charge in [-0.3, -0.25) is 14.7 Å². The molecule has 1 aromatic rings. The summed E-state index contributed by atoms with van der Waals surface area (Å²) in [7, 11) is 0. The molecule has 1 saturated carbocycles. The van der Waals surface area contributed by atoms with Crippen molar-refractivity contribution >= 4 is 5.91 Å². The summed E-state index contributed by atoms with van der Waals surface area (Å²) >= 11 is 0. The van der Waals surface area contributed by atoms with Gasteiger partial charge in [0.1, 0.15) is 6.61 Å². The van der Waals surface area contributed by atoms with Crippen LogP contribution in [-0.2, 0) is 20.8 Å². The number of aromatic nitrogens is 1. The molecule has 142 valence electrons. The lowest BCUT2D eigenvalue weighted by molar-refractivity contribution is -0.135. The number of rotatable bonds is 6. The zero-order chi connectivity index (χ0) is 17.8. The van der Waals surface area contributed by atoms with E-state index in [1.165, 1.54) is 5.56 Å². The highest BCUT2D eigenvalue weighted by Crippen LogP contribution is 2.35. The Morgan fingerprint density at radius 2 is 2.15 bits per heavy atom. The molecule has 0 spiro atoms. The zero-order valence-corrected chi connectivity index (χ0v) is 15.4. The Morgan fingerprint density at radius 3 is 2.96 bits per heavy atom. The first-order valence-electron chi connectivity index (χ1n) is 9.89. The van der Waals surface area contributed by atoms with Gasteiger partial charge >= 0.3 is 0 Å². The van der Waals surface area contributed by atoms with Crippen LogP contribution in [0.25, 0.3) is 0 Å². The SMILES string of the molecule is O=C(COCC1CC2OCCN(Cc3cccnc3)C2C1)N1CCCC1. The van der Waals surface area contributed by atoms with Crippen molar-refractivity contribution < 1.29 is 14.3 Å². The molecule has 4 rings (SSSR count). The molecule has 0 bridgehead atoms. The molecule has 3 aliphatic rings. The highest BCUT2D eigenvalue weighted by molar-refractivity contribution is 5.77. The number of morpholine rings is 1. The third-order valence-corrected chi connectivity index (χ3v) is 5.90. The fourth-order valence-electron chi connectivity index (χ4n) is 4.55. The number of hydrogen-bond acceptors (Lipinski definition) is 5. The fourth-order valence-corrected chi connectivity index (χ4v) is 4.55. The monoisotopic (exact) mass is 359 g/mol. The Hall–Kier alpha value is -1.50. The molecule has 3 heterocycles. The summed E-state index contributed by atoms with van der Waals surface area (Å²) in [6, 6.07) is 4.58. The predicted molar refractivity (Wildman–Crippen MR) is 97.5 cm³/mol. The van der Waals surface area contributed by atoms with Crippen LogP contribution in [0.3, 0.4) is 0 Å². The largest absolute Gasteiger partial charge is 0.375 e. The molecular weight excluding hydrogens is 330 g/mol. The molecule has 1 amide bonds. The van der Waals surface area contributed by atoms with Crippen LogP contribution in [0, 0.1) is 5.92 Å². The number of hydrogen-bond donors (Lipinski definition) is 0. The predicted octanol–water partition coefficient (Wildman–Crippen LogP) is 1.70. The molecule has 1 aromatic heterocycles. The highest BCUT2D eigenvalue weighted by Gasteiger charge is 2.41. The lowest BCUT2D eigenvalue weighted by Gasteiger charge is -2.37. The van der Waals surface area contributed by atoms with Gasteiger partial charge in [-0.25, -0.2) is 0 Å². The summed E-state index contributed by atoms with van der Waals surface area (Å²) in [5.74, 6) is 0.623. The molecule has 26 heavy (non-hydrogen) atoms. The van der Waals surface area contributed by atoms with E-state index in [4.69, 9.17) is 9.47 Å². The van der Waals surface area contributed by atoms with Crippen molar-refractivity contribution in [3.8, 4) is 0 Å². The van der Waals surface area contributed by atoms with Crippen LogP contribution in [0.4, 0.5) is 0 Å². The van der Waals surface area contributed by atoms with E-state index >= 15 is 0 Å². The second-order valence-corrected chi connectivity index (χ2v) is 7.75. The van der Waals surface area contributed by atoms with Crippen molar-refractivity contribution in [3.05, 3.63) is 30.1 Å². The molecule has 0 aromatic carbocycles.